The SMILES string of the molecule is COC(=O)C1=C(C)NC2=CC(c3ccccc3)CC(=O)C2C1c1ccc(N(C)C)cc1. The monoisotopic (exact) mass is 416 g/mol. The molecule has 0 saturated heterocycles. The van der Waals surface area contributed by atoms with Crippen LogP contribution in [0.4, 0.5) is 5.69 Å². The Hall–Kier alpha value is -3.34. The van der Waals surface area contributed by atoms with E-state index in [1.807, 2.05) is 68.4 Å². The van der Waals surface area contributed by atoms with Crippen LogP contribution in [-0.2, 0) is 14.3 Å². The first-order valence-corrected chi connectivity index (χ1v) is 10.5. The van der Waals surface area contributed by atoms with Gasteiger partial charge < -0.3 is 15.0 Å². The van der Waals surface area contributed by atoms with Gasteiger partial charge in [0, 0.05) is 49.4 Å². The summed E-state index contributed by atoms with van der Waals surface area (Å²) in [5.74, 6) is -1.04. The van der Waals surface area contributed by atoms with Gasteiger partial charge in [-0.05, 0) is 30.2 Å². The molecule has 2 aromatic carbocycles. The number of rotatable bonds is 4. The highest BCUT2D eigenvalue weighted by Gasteiger charge is 2.44. The largest absolute Gasteiger partial charge is 0.466 e. The second-order valence-corrected chi connectivity index (χ2v) is 8.41. The second-order valence-electron chi connectivity index (χ2n) is 8.41. The lowest BCUT2D eigenvalue weighted by atomic mass is 9.68. The van der Waals surface area contributed by atoms with E-state index < -0.39 is 11.9 Å². The zero-order chi connectivity index (χ0) is 22.1. The lowest BCUT2D eigenvalue weighted by molar-refractivity contribution is -0.136. The Balaban J connectivity index is 1.82. The number of anilines is 1. The quantitative estimate of drug-likeness (QED) is 0.759. The normalized spacial score (nSPS) is 22.9. The highest BCUT2D eigenvalue weighted by molar-refractivity contribution is 5.96. The molecule has 0 spiro atoms. The van der Waals surface area contributed by atoms with Crippen LogP contribution in [0, 0.1) is 5.92 Å². The van der Waals surface area contributed by atoms with Gasteiger partial charge in [-0.1, -0.05) is 48.5 Å². The maximum Gasteiger partial charge on any atom is 0.336 e. The fourth-order valence-electron chi connectivity index (χ4n) is 4.71. The summed E-state index contributed by atoms with van der Waals surface area (Å²) >= 11 is 0. The van der Waals surface area contributed by atoms with Crippen molar-refractivity contribution in [3.63, 3.8) is 0 Å². The first-order valence-electron chi connectivity index (χ1n) is 10.5. The predicted molar refractivity (Wildman–Crippen MR) is 122 cm³/mol. The number of hydrogen-bond acceptors (Lipinski definition) is 5. The van der Waals surface area contributed by atoms with Crippen LogP contribution in [0.1, 0.15) is 36.3 Å². The van der Waals surface area contributed by atoms with E-state index in [0.717, 1.165) is 28.2 Å². The summed E-state index contributed by atoms with van der Waals surface area (Å²) in [6.45, 7) is 1.88. The van der Waals surface area contributed by atoms with Gasteiger partial charge in [-0.3, -0.25) is 4.79 Å². The van der Waals surface area contributed by atoms with Crippen molar-refractivity contribution in [1.82, 2.24) is 5.32 Å². The summed E-state index contributed by atoms with van der Waals surface area (Å²) in [5, 5.41) is 3.35. The van der Waals surface area contributed by atoms with Crippen molar-refractivity contribution in [2.75, 3.05) is 26.1 Å². The number of methoxy groups -OCH3 is 1. The first-order chi connectivity index (χ1) is 14.9. The summed E-state index contributed by atoms with van der Waals surface area (Å²) < 4.78 is 5.10. The Kier molecular flexibility index (Phi) is 5.68. The van der Waals surface area contributed by atoms with E-state index in [9.17, 15) is 9.59 Å². The van der Waals surface area contributed by atoms with E-state index in [-0.39, 0.29) is 17.6 Å². The number of carbonyl (C=O) groups excluding carboxylic acids is 2. The Labute approximate surface area is 183 Å². The Bertz CT molecular complexity index is 1050. The fourth-order valence-corrected chi connectivity index (χ4v) is 4.71. The van der Waals surface area contributed by atoms with Gasteiger partial charge in [-0.25, -0.2) is 4.79 Å². The molecule has 0 fully saturated rings. The Morgan fingerprint density at radius 3 is 2.29 bits per heavy atom. The standard InChI is InChI=1S/C26H28N2O3/c1-16-23(26(30)31-4)24(18-10-12-20(13-11-18)28(2)3)25-21(27-16)14-19(15-22(25)29)17-8-6-5-7-9-17/h5-14,19,24-25,27H,15H2,1-4H3. The number of Topliss-reactive ketones (excluding diaryl/α,β-unsaturated/α-hetero) is 1. The Morgan fingerprint density at radius 1 is 1.00 bits per heavy atom. The molecule has 0 aromatic heterocycles. The van der Waals surface area contributed by atoms with Gasteiger partial charge in [0.15, 0.2) is 0 Å². The molecule has 5 nitrogen and oxygen atoms in total. The first kappa shape index (κ1) is 20.9. The minimum absolute atomic E-state index is 0.0247. The molecule has 1 aliphatic carbocycles. The molecule has 2 aromatic rings. The van der Waals surface area contributed by atoms with E-state index in [1.165, 1.54) is 7.11 Å². The van der Waals surface area contributed by atoms with Crippen LogP contribution in [0.5, 0.6) is 0 Å². The number of ketones is 1. The summed E-state index contributed by atoms with van der Waals surface area (Å²) in [6, 6.07) is 18.1. The molecule has 0 radical (unpaired) electrons. The third-order valence-corrected chi connectivity index (χ3v) is 6.27. The topological polar surface area (TPSA) is 58.6 Å². The highest BCUT2D eigenvalue weighted by Crippen LogP contribution is 2.46. The number of carbonyl (C=O) groups is 2. The summed E-state index contributed by atoms with van der Waals surface area (Å²) in [5.41, 5.74) is 5.25. The second kappa shape index (κ2) is 8.42. The molecule has 0 saturated carbocycles. The number of fused-ring (bicyclic) bond motifs is 1. The molecular weight excluding hydrogens is 388 g/mol. The van der Waals surface area contributed by atoms with Crippen molar-refractivity contribution in [3.8, 4) is 0 Å². The van der Waals surface area contributed by atoms with E-state index in [4.69, 9.17) is 4.74 Å². The average molecular weight is 417 g/mol. The number of allylic oxidation sites excluding steroid dienone is 3. The van der Waals surface area contributed by atoms with Crippen LogP contribution in [0.25, 0.3) is 0 Å². The third kappa shape index (κ3) is 3.88. The van der Waals surface area contributed by atoms with Gasteiger partial charge >= 0.3 is 5.97 Å². The summed E-state index contributed by atoms with van der Waals surface area (Å²) in [7, 11) is 5.35. The number of esters is 1. The molecule has 0 bridgehead atoms. The zero-order valence-electron chi connectivity index (χ0n) is 18.4. The van der Waals surface area contributed by atoms with Gasteiger partial charge in [-0.15, -0.1) is 0 Å². The molecule has 3 atom stereocenters. The van der Waals surface area contributed by atoms with Gasteiger partial charge in [0.1, 0.15) is 5.78 Å². The number of ether oxygens (including phenoxy) is 1. The van der Waals surface area contributed by atoms with Crippen LogP contribution < -0.4 is 10.2 Å². The van der Waals surface area contributed by atoms with Crippen molar-refractivity contribution >= 4 is 17.4 Å². The minimum Gasteiger partial charge on any atom is -0.466 e. The molecule has 3 unspecified atom stereocenters. The summed E-state index contributed by atoms with van der Waals surface area (Å²) in [4.78, 5) is 28.2. The van der Waals surface area contributed by atoms with E-state index >= 15 is 0 Å². The molecule has 4 rings (SSSR count). The van der Waals surface area contributed by atoms with Crippen molar-refractivity contribution in [2.24, 2.45) is 5.92 Å². The highest BCUT2D eigenvalue weighted by atomic mass is 16.5. The molecule has 31 heavy (non-hydrogen) atoms. The van der Waals surface area contributed by atoms with Crippen LogP contribution >= 0.6 is 0 Å². The van der Waals surface area contributed by atoms with E-state index in [2.05, 4.69) is 23.5 Å². The van der Waals surface area contributed by atoms with Crippen LogP contribution in [0.15, 0.2) is 77.6 Å². The fraction of sp³-hybridized carbons (Fsp3) is 0.308. The van der Waals surface area contributed by atoms with Crippen LogP contribution in [-0.4, -0.2) is 33.0 Å². The third-order valence-electron chi connectivity index (χ3n) is 6.27. The van der Waals surface area contributed by atoms with E-state index in [1.54, 1.807) is 0 Å². The molecule has 1 N–H and O–H groups in total. The van der Waals surface area contributed by atoms with Gasteiger partial charge in [0.2, 0.25) is 0 Å². The van der Waals surface area contributed by atoms with Gasteiger partial charge in [0.05, 0.1) is 18.6 Å². The molecular formula is C26H28N2O3. The molecule has 1 heterocycles. The molecule has 160 valence electrons. The zero-order valence-corrected chi connectivity index (χ0v) is 18.4. The van der Waals surface area contributed by atoms with Crippen molar-refractivity contribution in [1.29, 1.82) is 0 Å². The number of nitrogens with zero attached hydrogens (tertiary/aromatic N) is 1. The average Bonchev–Trinajstić information content (AvgIpc) is 2.78. The Morgan fingerprint density at radius 2 is 1.68 bits per heavy atom. The lowest BCUT2D eigenvalue weighted by Gasteiger charge is -2.39. The molecule has 1 aliphatic heterocycles. The predicted octanol–water partition coefficient (Wildman–Crippen LogP) is 4.14. The van der Waals surface area contributed by atoms with Gasteiger partial charge in [0.25, 0.3) is 0 Å². The smallest absolute Gasteiger partial charge is 0.336 e. The lowest BCUT2D eigenvalue weighted by Crippen LogP contribution is -2.41. The molecule has 2 aliphatic rings. The van der Waals surface area contributed by atoms with Crippen LogP contribution in [0.2, 0.25) is 0 Å². The maximum absolute atomic E-state index is 13.5. The minimum atomic E-state index is -0.428. The van der Waals surface area contributed by atoms with Crippen LogP contribution in [0.3, 0.4) is 0 Å². The van der Waals surface area contributed by atoms with Crippen molar-refractivity contribution in [2.45, 2.75) is 25.2 Å². The maximum atomic E-state index is 13.5. The van der Waals surface area contributed by atoms with Crippen molar-refractivity contribution in [3.05, 3.63) is 88.8 Å². The molecule has 5 heteroatoms. The number of hydrogen-bond donors (Lipinski definition) is 1. The molecule has 0 amide bonds. The van der Waals surface area contributed by atoms with Crippen molar-refractivity contribution < 1.29 is 14.3 Å². The number of nitrogens with one attached hydrogen (secondary N) is 1. The summed E-state index contributed by atoms with van der Waals surface area (Å²) in [6.07, 6.45) is 2.57. The van der Waals surface area contributed by atoms with Gasteiger partial charge in [-0.2, -0.15) is 0 Å². The van der Waals surface area contributed by atoms with E-state index in [0.29, 0.717) is 12.0 Å². The number of benzene rings is 2.